The number of halogens is 1. The predicted molar refractivity (Wildman–Crippen MR) is 164 cm³/mol. The first-order chi connectivity index (χ1) is 18.9. The van der Waals surface area contributed by atoms with Crippen molar-refractivity contribution in [2.24, 2.45) is 0 Å². The van der Waals surface area contributed by atoms with E-state index in [1.165, 1.54) is 20.3 Å². The minimum absolute atomic E-state index is 0.0387. The molecule has 6 nitrogen and oxygen atoms in total. The van der Waals surface area contributed by atoms with Crippen LogP contribution < -0.4 is 5.32 Å². The Morgan fingerprint density at radius 1 is 0.718 bits per heavy atom. The predicted octanol–water partition coefficient (Wildman–Crippen LogP) is 4.95. The fourth-order valence-electron chi connectivity index (χ4n) is 5.36. The molecule has 39 heavy (non-hydrogen) atoms. The maximum Gasteiger partial charge on any atom is 0.253 e. The van der Waals surface area contributed by atoms with Crippen LogP contribution in [0.25, 0.3) is 0 Å². The lowest BCUT2D eigenvalue weighted by molar-refractivity contribution is 0.0628. The second-order valence-electron chi connectivity index (χ2n) is 10.8. The van der Waals surface area contributed by atoms with Gasteiger partial charge in [0.05, 0.1) is 0 Å². The van der Waals surface area contributed by atoms with Crippen LogP contribution in [0.15, 0.2) is 72.8 Å². The molecule has 5 rings (SSSR count). The van der Waals surface area contributed by atoms with Crippen molar-refractivity contribution in [3.8, 4) is 0 Å². The highest BCUT2D eigenvalue weighted by molar-refractivity contribution is 14.1. The third-order valence-corrected chi connectivity index (χ3v) is 8.54. The number of carbonyl (C=O) groups is 2. The summed E-state index contributed by atoms with van der Waals surface area (Å²) in [5.74, 6) is -0.0213. The fourth-order valence-corrected chi connectivity index (χ4v) is 5.72. The van der Waals surface area contributed by atoms with Gasteiger partial charge in [0, 0.05) is 73.1 Å². The molecule has 0 aromatic heterocycles. The topological polar surface area (TPSA) is 55.9 Å². The summed E-state index contributed by atoms with van der Waals surface area (Å²) in [6, 6.07) is 24.7. The number of nitrogens with one attached hydrogen (secondary N) is 1. The van der Waals surface area contributed by atoms with Crippen LogP contribution in [0.5, 0.6) is 0 Å². The molecule has 0 saturated carbocycles. The zero-order valence-corrected chi connectivity index (χ0v) is 24.8. The highest BCUT2D eigenvalue weighted by Crippen LogP contribution is 2.17. The van der Waals surface area contributed by atoms with Crippen LogP contribution in [0, 0.1) is 10.5 Å². The van der Waals surface area contributed by atoms with E-state index in [0.717, 1.165) is 52.1 Å². The molecule has 2 aliphatic rings. The molecule has 0 atom stereocenters. The molecule has 2 saturated heterocycles. The number of hydrogen-bond acceptors (Lipinski definition) is 4. The van der Waals surface area contributed by atoms with E-state index in [9.17, 15) is 9.59 Å². The van der Waals surface area contributed by atoms with Crippen molar-refractivity contribution in [1.29, 1.82) is 0 Å². The number of rotatable bonds is 7. The average molecular weight is 637 g/mol. The van der Waals surface area contributed by atoms with Crippen LogP contribution >= 0.6 is 22.6 Å². The molecule has 2 fully saturated rings. The Morgan fingerprint density at radius 3 is 1.82 bits per heavy atom. The molecular formula is C32H37IN4O2. The minimum Gasteiger partial charge on any atom is -0.349 e. The van der Waals surface area contributed by atoms with E-state index >= 15 is 0 Å². The van der Waals surface area contributed by atoms with Crippen LogP contribution in [0.3, 0.4) is 0 Å². The number of aryl methyl sites for hydroxylation is 1. The van der Waals surface area contributed by atoms with Crippen molar-refractivity contribution in [3.05, 3.63) is 104 Å². The molecule has 7 heteroatoms. The Kier molecular flexibility index (Phi) is 9.32. The largest absolute Gasteiger partial charge is 0.349 e. The zero-order chi connectivity index (χ0) is 27.2. The molecule has 0 radical (unpaired) electrons. The van der Waals surface area contributed by atoms with Gasteiger partial charge in [-0.05, 0) is 89.9 Å². The van der Waals surface area contributed by atoms with Gasteiger partial charge in [0.25, 0.3) is 11.8 Å². The number of piperazine rings is 1. The maximum atomic E-state index is 13.1. The first kappa shape index (κ1) is 27.8. The summed E-state index contributed by atoms with van der Waals surface area (Å²) in [6.07, 6.45) is 1.90. The van der Waals surface area contributed by atoms with Gasteiger partial charge in [0.15, 0.2) is 0 Å². The summed E-state index contributed by atoms with van der Waals surface area (Å²) in [5, 5.41) is 3.20. The second kappa shape index (κ2) is 13.1. The van der Waals surface area contributed by atoms with Crippen molar-refractivity contribution in [3.63, 3.8) is 0 Å². The molecule has 0 spiro atoms. The monoisotopic (exact) mass is 636 g/mol. The Morgan fingerprint density at radius 2 is 1.23 bits per heavy atom. The van der Waals surface area contributed by atoms with E-state index < -0.39 is 0 Å². The first-order valence-corrected chi connectivity index (χ1v) is 15.0. The van der Waals surface area contributed by atoms with Crippen LogP contribution in [0.4, 0.5) is 0 Å². The molecule has 204 valence electrons. The lowest BCUT2D eigenvalue weighted by Crippen LogP contribution is -2.48. The summed E-state index contributed by atoms with van der Waals surface area (Å²) < 4.78 is 1.24. The second-order valence-corrected chi connectivity index (χ2v) is 12.0. The number of piperidine rings is 1. The van der Waals surface area contributed by atoms with Crippen molar-refractivity contribution < 1.29 is 9.59 Å². The maximum absolute atomic E-state index is 13.1. The number of hydrogen-bond donors (Lipinski definition) is 1. The van der Waals surface area contributed by atoms with E-state index in [0.29, 0.717) is 24.2 Å². The summed E-state index contributed by atoms with van der Waals surface area (Å²) >= 11 is 2.32. The summed E-state index contributed by atoms with van der Waals surface area (Å²) in [5.41, 5.74) is 5.17. The van der Waals surface area contributed by atoms with Crippen molar-refractivity contribution >= 4 is 34.4 Å². The fraction of sp³-hybridized carbons (Fsp3) is 0.375. The highest BCUT2D eigenvalue weighted by atomic mass is 127. The normalized spacial score (nSPS) is 17.2. The molecule has 3 aromatic rings. The van der Waals surface area contributed by atoms with Gasteiger partial charge in [-0.1, -0.05) is 42.0 Å². The Labute approximate surface area is 245 Å². The van der Waals surface area contributed by atoms with E-state index in [2.05, 4.69) is 93.2 Å². The Hall–Kier alpha value is -2.75. The number of carbonyl (C=O) groups excluding carboxylic acids is 2. The van der Waals surface area contributed by atoms with Gasteiger partial charge in [-0.15, -0.1) is 0 Å². The quantitative estimate of drug-likeness (QED) is 0.373. The van der Waals surface area contributed by atoms with Crippen LogP contribution in [0.1, 0.15) is 50.2 Å². The van der Waals surface area contributed by atoms with E-state index in [4.69, 9.17) is 0 Å². The third-order valence-electron chi connectivity index (χ3n) is 7.82. The molecule has 2 aliphatic heterocycles. The number of amides is 2. The zero-order valence-electron chi connectivity index (χ0n) is 22.6. The van der Waals surface area contributed by atoms with E-state index in [1.54, 1.807) is 24.3 Å². The van der Waals surface area contributed by atoms with Crippen molar-refractivity contribution in [2.75, 3.05) is 39.3 Å². The van der Waals surface area contributed by atoms with Crippen molar-refractivity contribution in [1.82, 2.24) is 20.0 Å². The van der Waals surface area contributed by atoms with Crippen LogP contribution in [0.2, 0.25) is 0 Å². The van der Waals surface area contributed by atoms with Gasteiger partial charge in [0.1, 0.15) is 0 Å². The Bertz CT molecular complexity index is 1240. The molecule has 0 aliphatic carbocycles. The smallest absolute Gasteiger partial charge is 0.253 e. The highest BCUT2D eigenvalue weighted by Gasteiger charge is 2.24. The molecule has 0 unspecified atom stereocenters. The Balaban J connectivity index is 1.05. The molecule has 2 heterocycles. The molecule has 3 aromatic carbocycles. The van der Waals surface area contributed by atoms with Gasteiger partial charge >= 0.3 is 0 Å². The molecule has 2 amide bonds. The molecule has 1 N–H and O–H groups in total. The summed E-state index contributed by atoms with van der Waals surface area (Å²) in [6.45, 7) is 9.09. The number of likely N-dealkylation sites (tertiary alicyclic amines) is 1. The minimum atomic E-state index is -0.0600. The van der Waals surface area contributed by atoms with E-state index in [1.807, 2.05) is 4.90 Å². The van der Waals surface area contributed by atoms with Crippen LogP contribution in [-0.4, -0.2) is 71.8 Å². The van der Waals surface area contributed by atoms with Crippen LogP contribution in [-0.2, 0) is 13.1 Å². The standard InChI is InChI=1S/C32H37IN4O2/c1-24-2-4-25(5-3-24)22-35-16-14-30(15-17-35)34-31(38)27-8-10-28(11-9-27)32(39)37-20-18-36(19-21-37)23-26-6-12-29(33)13-7-26/h2-13,30H,14-23H2,1H3,(H,34,38). The summed E-state index contributed by atoms with van der Waals surface area (Å²) in [7, 11) is 0. The van der Waals surface area contributed by atoms with Crippen molar-refractivity contribution in [2.45, 2.75) is 38.9 Å². The summed E-state index contributed by atoms with van der Waals surface area (Å²) in [4.78, 5) is 32.7. The molecule has 0 bridgehead atoms. The van der Waals surface area contributed by atoms with Gasteiger partial charge in [0.2, 0.25) is 0 Å². The number of nitrogens with zero attached hydrogens (tertiary/aromatic N) is 3. The molecular weight excluding hydrogens is 599 g/mol. The van der Waals surface area contributed by atoms with E-state index in [-0.39, 0.29) is 17.9 Å². The number of benzene rings is 3. The van der Waals surface area contributed by atoms with Gasteiger partial charge in [-0.3, -0.25) is 19.4 Å². The van der Waals surface area contributed by atoms with Gasteiger partial charge < -0.3 is 10.2 Å². The van der Waals surface area contributed by atoms with Gasteiger partial charge in [-0.2, -0.15) is 0 Å². The lowest BCUT2D eigenvalue weighted by atomic mass is 10.0. The first-order valence-electron chi connectivity index (χ1n) is 13.9. The third kappa shape index (κ3) is 7.68. The average Bonchev–Trinajstić information content (AvgIpc) is 2.96. The SMILES string of the molecule is Cc1ccc(CN2CCC(NC(=O)c3ccc(C(=O)N4CCN(Cc5ccc(I)cc5)CC4)cc3)CC2)cc1. The van der Waals surface area contributed by atoms with Gasteiger partial charge in [-0.25, -0.2) is 0 Å². The lowest BCUT2D eigenvalue weighted by Gasteiger charge is -2.34.